The number of piperidine rings is 1. The van der Waals surface area contributed by atoms with Gasteiger partial charge in [0, 0.05) is 34.4 Å². The Labute approximate surface area is 73.2 Å². The van der Waals surface area contributed by atoms with Crippen molar-refractivity contribution in [3.63, 3.8) is 0 Å². The molecule has 1 saturated heterocycles. The van der Waals surface area contributed by atoms with Gasteiger partial charge in [0.05, 0.1) is 12.2 Å². The first-order valence-corrected chi connectivity index (χ1v) is 4.12. The minimum Gasteiger partial charge on any atom is -0.377 e. The second-order valence-electron chi connectivity index (χ2n) is 2.91. The summed E-state index contributed by atoms with van der Waals surface area (Å²) in [4.78, 5) is 0. The predicted molar refractivity (Wildman–Crippen MR) is 45.3 cm³/mol. The van der Waals surface area contributed by atoms with E-state index in [4.69, 9.17) is 14.2 Å². The van der Waals surface area contributed by atoms with Crippen LogP contribution < -0.4 is 5.32 Å². The summed E-state index contributed by atoms with van der Waals surface area (Å²) in [6.45, 7) is 1.66. The molecule has 0 aromatic carbocycles. The van der Waals surface area contributed by atoms with Gasteiger partial charge in [0.15, 0.2) is 0 Å². The molecule has 1 aliphatic heterocycles. The minimum atomic E-state index is 0.0428. The fourth-order valence-electron chi connectivity index (χ4n) is 1.58. The van der Waals surface area contributed by atoms with E-state index in [9.17, 15) is 0 Å². The van der Waals surface area contributed by atoms with E-state index in [1.165, 1.54) is 0 Å². The molecule has 4 heteroatoms. The molecule has 1 aliphatic rings. The van der Waals surface area contributed by atoms with Gasteiger partial charge in [0.1, 0.15) is 6.10 Å². The lowest BCUT2D eigenvalue weighted by molar-refractivity contribution is -0.120. The van der Waals surface area contributed by atoms with Crippen LogP contribution in [0.3, 0.4) is 0 Å². The summed E-state index contributed by atoms with van der Waals surface area (Å²) in [6, 6.07) is 0. The van der Waals surface area contributed by atoms with Gasteiger partial charge in [0.2, 0.25) is 0 Å². The van der Waals surface area contributed by atoms with E-state index in [1.54, 1.807) is 21.3 Å². The third kappa shape index (κ3) is 1.95. The van der Waals surface area contributed by atoms with E-state index in [1.807, 2.05) is 0 Å². The Kier molecular flexibility index (Phi) is 3.94. The first kappa shape index (κ1) is 9.92. The molecular formula is C8H17NO3. The largest absolute Gasteiger partial charge is 0.377 e. The van der Waals surface area contributed by atoms with Crippen LogP contribution in [0.1, 0.15) is 0 Å². The normalized spacial score (nSPS) is 36.8. The predicted octanol–water partition coefficient (Wildman–Crippen LogP) is -0.365. The van der Waals surface area contributed by atoms with Crippen LogP contribution >= 0.6 is 0 Å². The summed E-state index contributed by atoms with van der Waals surface area (Å²) in [5, 5.41) is 3.22. The Bertz CT molecular complexity index is 119. The van der Waals surface area contributed by atoms with Crippen molar-refractivity contribution in [3.8, 4) is 0 Å². The Morgan fingerprint density at radius 2 is 1.42 bits per heavy atom. The molecule has 12 heavy (non-hydrogen) atoms. The van der Waals surface area contributed by atoms with Gasteiger partial charge in [-0.2, -0.15) is 0 Å². The quantitative estimate of drug-likeness (QED) is 0.635. The lowest BCUT2D eigenvalue weighted by atomic mass is 10.0. The van der Waals surface area contributed by atoms with Gasteiger partial charge < -0.3 is 19.5 Å². The van der Waals surface area contributed by atoms with Crippen molar-refractivity contribution >= 4 is 0 Å². The maximum atomic E-state index is 5.31. The molecule has 0 bridgehead atoms. The third-order valence-corrected chi connectivity index (χ3v) is 2.30. The fourth-order valence-corrected chi connectivity index (χ4v) is 1.58. The van der Waals surface area contributed by atoms with Crippen molar-refractivity contribution in [1.29, 1.82) is 0 Å². The Balaban J connectivity index is 2.52. The van der Waals surface area contributed by atoms with E-state index in [0.717, 1.165) is 13.1 Å². The van der Waals surface area contributed by atoms with Gasteiger partial charge in [-0.25, -0.2) is 0 Å². The Morgan fingerprint density at radius 1 is 0.917 bits per heavy atom. The zero-order chi connectivity index (χ0) is 8.97. The molecule has 4 nitrogen and oxygen atoms in total. The van der Waals surface area contributed by atoms with Crippen molar-refractivity contribution < 1.29 is 14.2 Å². The third-order valence-electron chi connectivity index (χ3n) is 2.30. The highest BCUT2D eigenvalue weighted by molar-refractivity contribution is 4.87. The number of rotatable bonds is 3. The molecule has 0 radical (unpaired) electrons. The Morgan fingerprint density at radius 3 is 1.75 bits per heavy atom. The van der Waals surface area contributed by atoms with Gasteiger partial charge in [-0.1, -0.05) is 0 Å². The van der Waals surface area contributed by atoms with E-state index in [2.05, 4.69) is 5.32 Å². The summed E-state index contributed by atoms with van der Waals surface area (Å²) in [7, 11) is 5.07. The summed E-state index contributed by atoms with van der Waals surface area (Å²) >= 11 is 0. The smallest absolute Gasteiger partial charge is 0.112 e. The molecule has 0 amide bonds. The monoisotopic (exact) mass is 175 g/mol. The highest BCUT2D eigenvalue weighted by atomic mass is 16.6. The van der Waals surface area contributed by atoms with E-state index < -0.39 is 0 Å². The maximum Gasteiger partial charge on any atom is 0.112 e. The van der Waals surface area contributed by atoms with Gasteiger partial charge >= 0.3 is 0 Å². The van der Waals surface area contributed by atoms with E-state index in [-0.39, 0.29) is 18.3 Å². The summed E-state index contributed by atoms with van der Waals surface area (Å²) < 4.78 is 15.8. The average molecular weight is 175 g/mol. The van der Waals surface area contributed by atoms with Crippen LogP contribution in [0.2, 0.25) is 0 Å². The number of hydrogen-bond acceptors (Lipinski definition) is 4. The first-order valence-electron chi connectivity index (χ1n) is 4.12. The van der Waals surface area contributed by atoms with Gasteiger partial charge in [-0.05, 0) is 0 Å². The summed E-state index contributed by atoms with van der Waals surface area (Å²) in [5.74, 6) is 0. The lowest BCUT2D eigenvalue weighted by Gasteiger charge is -2.35. The zero-order valence-corrected chi connectivity index (χ0v) is 7.87. The maximum absolute atomic E-state index is 5.31. The number of methoxy groups -OCH3 is 3. The van der Waals surface area contributed by atoms with Crippen LogP contribution in [-0.2, 0) is 14.2 Å². The van der Waals surface area contributed by atoms with Gasteiger partial charge in [-0.3, -0.25) is 0 Å². The topological polar surface area (TPSA) is 39.7 Å². The van der Waals surface area contributed by atoms with Crippen LogP contribution in [0.4, 0.5) is 0 Å². The molecule has 0 aliphatic carbocycles. The molecule has 1 N–H and O–H groups in total. The average Bonchev–Trinajstić information content (AvgIpc) is 2.16. The molecule has 72 valence electrons. The van der Waals surface area contributed by atoms with Crippen molar-refractivity contribution in [2.24, 2.45) is 0 Å². The Hall–Kier alpha value is -0.160. The molecule has 2 atom stereocenters. The minimum absolute atomic E-state index is 0.0428. The SMILES string of the molecule is COC1CNCC(OC)C1OC. The number of hydrogen-bond donors (Lipinski definition) is 1. The van der Waals surface area contributed by atoms with Crippen molar-refractivity contribution in [3.05, 3.63) is 0 Å². The molecule has 1 rings (SSSR count). The lowest BCUT2D eigenvalue weighted by Crippen LogP contribution is -2.55. The summed E-state index contributed by atoms with van der Waals surface area (Å²) in [5.41, 5.74) is 0. The molecule has 0 spiro atoms. The second kappa shape index (κ2) is 4.77. The van der Waals surface area contributed by atoms with Gasteiger partial charge in [0.25, 0.3) is 0 Å². The first-order chi connectivity index (χ1) is 5.83. The van der Waals surface area contributed by atoms with Crippen molar-refractivity contribution in [2.75, 3.05) is 34.4 Å². The van der Waals surface area contributed by atoms with Crippen LogP contribution in [-0.4, -0.2) is 52.7 Å². The molecule has 2 unspecified atom stereocenters. The zero-order valence-electron chi connectivity index (χ0n) is 7.87. The molecule has 1 fully saturated rings. The molecular weight excluding hydrogens is 158 g/mol. The van der Waals surface area contributed by atoms with Crippen molar-refractivity contribution in [2.45, 2.75) is 18.3 Å². The second-order valence-corrected chi connectivity index (χ2v) is 2.91. The number of nitrogens with one attached hydrogen (secondary N) is 1. The van der Waals surface area contributed by atoms with Crippen molar-refractivity contribution in [1.82, 2.24) is 5.32 Å². The highest BCUT2D eigenvalue weighted by Crippen LogP contribution is 2.13. The van der Waals surface area contributed by atoms with Crippen LogP contribution in [0, 0.1) is 0 Å². The van der Waals surface area contributed by atoms with E-state index >= 15 is 0 Å². The molecule has 0 aromatic rings. The highest BCUT2D eigenvalue weighted by Gasteiger charge is 2.33. The molecule has 0 saturated carbocycles. The number of ether oxygens (including phenoxy) is 3. The molecule has 1 heterocycles. The van der Waals surface area contributed by atoms with Crippen LogP contribution in [0.25, 0.3) is 0 Å². The van der Waals surface area contributed by atoms with Gasteiger partial charge in [-0.15, -0.1) is 0 Å². The molecule has 0 aromatic heterocycles. The van der Waals surface area contributed by atoms with Crippen LogP contribution in [0.15, 0.2) is 0 Å². The summed E-state index contributed by atoms with van der Waals surface area (Å²) in [6.07, 6.45) is 0.226. The van der Waals surface area contributed by atoms with E-state index in [0.29, 0.717) is 0 Å². The van der Waals surface area contributed by atoms with Crippen LogP contribution in [0.5, 0.6) is 0 Å². The standard InChI is InChI=1S/C8H17NO3/c1-10-6-4-9-5-7(11-2)8(6)12-3/h6-9H,4-5H2,1-3H3. The fraction of sp³-hybridized carbons (Fsp3) is 1.00.